The summed E-state index contributed by atoms with van der Waals surface area (Å²) >= 11 is 0. The summed E-state index contributed by atoms with van der Waals surface area (Å²) in [4.78, 5) is 0. The van der Waals surface area contributed by atoms with Gasteiger partial charge in [-0.2, -0.15) is 0 Å². The molecule has 2 aliphatic carbocycles. The maximum Gasteiger partial charge on any atom is 0.122 e. The molecule has 0 aliphatic heterocycles. The highest BCUT2D eigenvalue weighted by atomic mass is 16.5. The van der Waals surface area contributed by atoms with Crippen LogP contribution in [0.1, 0.15) is 93.9 Å². The Morgan fingerprint density at radius 1 is 1.20 bits per heavy atom. The molecule has 2 aliphatic rings. The number of rotatable bonds is 8. The van der Waals surface area contributed by atoms with Crippen molar-refractivity contribution < 1.29 is 14.9 Å². The van der Waals surface area contributed by atoms with E-state index in [1.165, 1.54) is 35.1 Å². The summed E-state index contributed by atoms with van der Waals surface area (Å²) < 4.78 is 5.47. The molecule has 0 amide bonds. The van der Waals surface area contributed by atoms with Crippen LogP contribution in [0, 0.1) is 24.2 Å². The van der Waals surface area contributed by atoms with Crippen molar-refractivity contribution in [2.45, 2.75) is 105 Å². The smallest absolute Gasteiger partial charge is 0.122 e. The Labute approximate surface area is 216 Å². The number of ether oxygens (including phenoxy) is 1. The average molecular weight is 485 g/mol. The van der Waals surface area contributed by atoms with E-state index in [0.29, 0.717) is 18.3 Å². The van der Waals surface area contributed by atoms with Gasteiger partial charge in [0.2, 0.25) is 0 Å². The number of allylic oxidation sites excluding steroid dienone is 5. The van der Waals surface area contributed by atoms with Crippen molar-refractivity contribution in [3.8, 4) is 12.3 Å². The zero-order chi connectivity index (χ0) is 27.4. The molecule has 0 heterocycles. The van der Waals surface area contributed by atoms with Crippen LogP contribution in [-0.4, -0.2) is 34.6 Å². The lowest BCUT2D eigenvalue weighted by Crippen LogP contribution is -2.22. The summed E-state index contributed by atoms with van der Waals surface area (Å²) in [6, 6.07) is 0. The predicted molar refractivity (Wildman–Crippen MR) is 152 cm³/mol. The average Bonchev–Trinajstić information content (AvgIpc) is 3.25. The van der Waals surface area contributed by atoms with E-state index in [1.54, 1.807) is 6.92 Å². The molecular formula is C32H52O3. The molecule has 2 N–H and O–H groups in total. The molecule has 2 rings (SSSR count). The van der Waals surface area contributed by atoms with Crippen molar-refractivity contribution in [1.29, 1.82) is 0 Å². The van der Waals surface area contributed by atoms with E-state index in [2.05, 4.69) is 45.6 Å². The maximum absolute atomic E-state index is 9.74. The highest BCUT2D eigenvalue weighted by Gasteiger charge is 2.37. The fourth-order valence-electron chi connectivity index (χ4n) is 4.37. The molecule has 35 heavy (non-hydrogen) atoms. The van der Waals surface area contributed by atoms with Gasteiger partial charge in [-0.3, -0.25) is 0 Å². The van der Waals surface area contributed by atoms with Gasteiger partial charge in [-0.25, -0.2) is 0 Å². The lowest BCUT2D eigenvalue weighted by atomic mass is 9.92. The van der Waals surface area contributed by atoms with E-state index in [0.717, 1.165) is 43.6 Å². The highest BCUT2D eigenvalue weighted by molar-refractivity contribution is 5.29. The zero-order valence-corrected chi connectivity index (χ0v) is 23.9. The van der Waals surface area contributed by atoms with Crippen molar-refractivity contribution in [1.82, 2.24) is 0 Å². The molecule has 3 nitrogen and oxygen atoms in total. The zero-order valence-electron chi connectivity index (χ0n) is 23.9. The summed E-state index contributed by atoms with van der Waals surface area (Å²) in [7, 11) is 0. The third kappa shape index (κ3) is 12.1. The molecule has 1 saturated carbocycles. The molecule has 4 atom stereocenters. The van der Waals surface area contributed by atoms with Crippen LogP contribution in [0.5, 0.6) is 0 Å². The van der Waals surface area contributed by atoms with Crippen molar-refractivity contribution in [2.24, 2.45) is 11.8 Å². The molecule has 198 valence electrons. The van der Waals surface area contributed by atoms with Gasteiger partial charge in [0.05, 0.1) is 12.2 Å². The SMILES string of the molecule is C#CC(C)(O)CCC=C(C)C.C=C(C)C1CCC(C)(O)C1=C.C=C(C)C1CCC(C)=C1COCC. The first kappa shape index (κ1) is 33.1. The largest absolute Gasteiger partial charge is 0.386 e. The van der Waals surface area contributed by atoms with E-state index in [1.807, 2.05) is 34.6 Å². The summed E-state index contributed by atoms with van der Waals surface area (Å²) in [6.07, 6.45) is 12.9. The second-order valence-corrected chi connectivity index (χ2v) is 10.9. The Morgan fingerprint density at radius 2 is 1.77 bits per heavy atom. The van der Waals surface area contributed by atoms with Gasteiger partial charge in [0.1, 0.15) is 5.60 Å². The van der Waals surface area contributed by atoms with E-state index in [4.69, 9.17) is 11.2 Å². The second kappa shape index (κ2) is 15.3. The van der Waals surface area contributed by atoms with Gasteiger partial charge in [0, 0.05) is 18.4 Å². The predicted octanol–water partition coefficient (Wildman–Crippen LogP) is 7.72. The third-order valence-electron chi connectivity index (χ3n) is 6.96. The van der Waals surface area contributed by atoms with E-state index in [9.17, 15) is 10.2 Å². The molecule has 0 saturated heterocycles. The van der Waals surface area contributed by atoms with Crippen molar-refractivity contribution in [2.75, 3.05) is 13.2 Å². The number of terminal acetylenes is 1. The molecule has 4 unspecified atom stereocenters. The maximum atomic E-state index is 9.74. The van der Waals surface area contributed by atoms with Crippen LogP contribution in [0.3, 0.4) is 0 Å². The second-order valence-electron chi connectivity index (χ2n) is 10.9. The van der Waals surface area contributed by atoms with Gasteiger partial charge in [-0.15, -0.1) is 6.42 Å². The van der Waals surface area contributed by atoms with Gasteiger partial charge in [-0.1, -0.05) is 54.0 Å². The normalized spacial score (nSPS) is 24.9. The minimum absolute atomic E-state index is 0.338. The first-order chi connectivity index (χ1) is 16.1. The molecule has 0 radical (unpaired) electrons. The lowest BCUT2D eigenvalue weighted by Gasteiger charge is -2.20. The lowest BCUT2D eigenvalue weighted by molar-refractivity contribution is 0.106. The van der Waals surface area contributed by atoms with Gasteiger partial charge < -0.3 is 14.9 Å². The van der Waals surface area contributed by atoms with Crippen molar-refractivity contribution in [3.05, 3.63) is 59.3 Å². The summed E-state index contributed by atoms with van der Waals surface area (Å²) in [5.41, 5.74) is 6.01. The fourth-order valence-corrected chi connectivity index (χ4v) is 4.37. The van der Waals surface area contributed by atoms with Crippen LogP contribution in [0.4, 0.5) is 0 Å². The number of aliphatic hydroxyl groups is 2. The molecule has 0 aromatic carbocycles. The molecule has 0 aromatic heterocycles. The van der Waals surface area contributed by atoms with E-state index in [-0.39, 0.29) is 0 Å². The van der Waals surface area contributed by atoms with Gasteiger partial charge >= 0.3 is 0 Å². The summed E-state index contributed by atoms with van der Waals surface area (Å²) in [5.74, 6) is 3.27. The Hall–Kier alpha value is -1.86. The third-order valence-corrected chi connectivity index (χ3v) is 6.96. The quantitative estimate of drug-likeness (QED) is 0.274. The van der Waals surface area contributed by atoms with Crippen molar-refractivity contribution >= 4 is 0 Å². The molecule has 1 fully saturated rings. The summed E-state index contributed by atoms with van der Waals surface area (Å²) in [5, 5.41) is 19.1. The van der Waals surface area contributed by atoms with Crippen LogP contribution in [0.15, 0.2) is 59.3 Å². The van der Waals surface area contributed by atoms with Crippen LogP contribution >= 0.6 is 0 Å². The van der Waals surface area contributed by atoms with Crippen LogP contribution in [0.25, 0.3) is 0 Å². The van der Waals surface area contributed by atoms with Gasteiger partial charge in [0.15, 0.2) is 0 Å². The van der Waals surface area contributed by atoms with Gasteiger partial charge in [-0.05, 0) is 105 Å². The molecule has 0 aromatic rings. The number of hydrogen-bond donors (Lipinski definition) is 2. The summed E-state index contributed by atoms with van der Waals surface area (Å²) in [6.45, 7) is 29.4. The molecule has 0 spiro atoms. The van der Waals surface area contributed by atoms with E-state index >= 15 is 0 Å². The van der Waals surface area contributed by atoms with Crippen LogP contribution in [-0.2, 0) is 4.74 Å². The Morgan fingerprint density at radius 3 is 2.14 bits per heavy atom. The van der Waals surface area contributed by atoms with E-state index < -0.39 is 11.2 Å². The molecular weight excluding hydrogens is 432 g/mol. The molecule has 0 bridgehead atoms. The highest BCUT2D eigenvalue weighted by Crippen LogP contribution is 2.41. The standard InChI is InChI=1S/C12H20O.2C10H16O/c1-5-13-8-12-10(4)6-7-11(12)9(2)3;1-7(2)9-5-6-10(4,11)8(9)3;1-5-10(4,11)8-6-7-9(2)3/h11H,2,5-8H2,1,3-4H3;9,11H,1,3,5-6H2,2,4H3;1,7,11H,6,8H2,2-4H3. The Bertz CT molecular complexity index is 825. The number of hydrogen-bond acceptors (Lipinski definition) is 3. The minimum Gasteiger partial charge on any atom is -0.386 e. The first-order valence-corrected chi connectivity index (χ1v) is 12.9. The first-order valence-electron chi connectivity index (χ1n) is 12.9. The van der Waals surface area contributed by atoms with Gasteiger partial charge in [0.25, 0.3) is 0 Å². The minimum atomic E-state index is -0.939. The fraction of sp³-hybridized carbons (Fsp3) is 0.625. The molecule has 3 heteroatoms. The van der Waals surface area contributed by atoms with Crippen LogP contribution in [0.2, 0.25) is 0 Å². The Kier molecular flexibility index (Phi) is 14.5. The topological polar surface area (TPSA) is 49.7 Å². The van der Waals surface area contributed by atoms with Crippen molar-refractivity contribution in [3.63, 3.8) is 0 Å². The monoisotopic (exact) mass is 484 g/mol. The van der Waals surface area contributed by atoms with Crippen LogP contribution < -0.4 is 0 Å². The Balaban J connectivity index is 0.000000498.